The molecular weight excluding hydrogens is 224 g/mol. The Labute approximate surface area is 110 Å². The Balaban J connectivity index is 1.56. The zero-order chi connectivity index (χ0) is 11.2. The van der Waals surface area contributed by atoms with Crippen LogP contribution in [-0.4, -0.2) is 10.5 Å². The van der Waals surface area contributed by atoms with Crippen LogP contribution in [0.2, 0.25) is 0 Å². The van der Waals surface area contributed by atoms with Gasteiger partial charge in [0.25, 0.3) is 0 Å². The van der Waals surface area contributed by atoms with Gasteiger partial charge in [-0.25, -0.2) is 0 Å². The highest BCUT2D eigenvalue weighted by atomic mass is 32.2. The van der Waals surface area contributed by atoms with E-state index in [0.717, 1.165) is 34.2 Å². The normalized spacial score (nSPS) is 53.6. The van der Waals surface area contributed by atoms with E-state index >= 15 is 0 Å². The molecule has 0 nitrogen and oxygen atoms in total. The predicted molar refractivity (Wildman–Crippen MR) is 75.3 cm³/mol. The lowest BCUT2D eigenvalue weighted by molar-refractivity contribution is 0.110. The molecule has 1 heteroatoms. The number of thioether (sulfide) groups is 1. The summed E-state index contributed by atoms with van der Waals surface area (Å²) >= 11 is 2.46. The highest BCUT2D eigenvalue weighted by Crippen LogP contribution is 2.59. The van der Waals surface area contributed by atoms with Crippen molar-refractivity contribution in [2.24, 2.45) is 23.7 Å². The van der Waals surface area contributed by atoms with Gasteiger partial charge in [0.2, 0.25) is 0 Å². The van der Waals surface area contributed by atoms with Crippen LogP contribution in [0, 0.1) is 23.7 Å². The number of fused-ring (bicyclic) bond motifs is 5. The first-order chi connectivity index (χ1) is 8.43. The van der Waals surface area contributed by atoms with Gasteiger partial charge >= 0.3 is 0 Å². The average Bonchev–Trinajstić information content (AvgIpc) is 2.78. The van der Waals surface area contributed by atoms with Gasteiger partial charge in [-0.3, -0.25) is 0 Å². The fourth-order valence-electron chi connectivity index (χ4n) is 5.56. The maximum Gasteiger partial charge on any atom is 0.0112 e. The largest absolute Gasteiger partial charge is 0.154 e. The monoisotopic (exact) mass is 250 g/mol. The van der Waals surface area contributed by atoms with Crippen molar-refractivity contribution in [2.45, 2.75) is 74.7 Å². The molecule has 1 heterocycles. The number of hydrogen-bond donors (Lipinski definition) is 0. The van der Waals surface area contributed by atoms with Crippen molar-refractivity contribution >= 4 is 11.8 Å². The molecule has 0 radical (unpaired) electrons. The Morgan fingerprint density at radius 3 is 2.29 bits per heavy atom. The van der Waals surface area contributed by atoms with Crippen LogP contribution in [0.25, 0.3) is 0 Å². The molecule has 6 unspecified atom stereocenters. The third-order valence-electron chi connectivity index (χ3n) is 6.32. The van der Waals surface area contributed by atoms with Crippen LogP contribution in [0.1, 0.15) is 64.2 Å². The van der Waals surface area contributed by atoms with Crippen LogP contribution >= 0.6 is 11.8 Å². The summed E-state index contributed by atoms with van der Waals surface area (Å²) in [5.74, 6) is 4.56. The van der Waals surface area contributed by atoms with Crippen LogP contribution in [0.4, 0.5) is 0 Å². The molecule has 4 fully saturated rings. The van der Waals surface area contributed by atoms with Crippen molar-refractivity contribution in [1.82, 2.24) is 0 Å². The standard InChI is InChI=1S/C16H26S/c1-2-6-12-11(5-1)9-10-14-13-7-3-4-8-15(13)17-16(12)14/h11-16H,1-10H2. The SMILES string of the molecule is C1CCC2C(C1)CCC1C3CCCCC3SC21. The fourth-order valence-corrected chi connectivity index (χ4v) is 7.91. The molecule has 4 aliphatic rings. The van der Waals surface area contributed by atoms with E-state index in [2.05, 4.69) is 11.8 Å². The minimum atomic E-state index is 1.08. The molecule has 0 spiro atoms. The van der Waals surface area contributed by atoms with Crippen molar-refractivity contribution in [2.75, 3.05) is 0 Å². The zero-order valence-corrected chi connectivity index (χ0v) is 11.8. The molecule has 0 aromatic heterocycles. The maximum atomic E-state index is 2.46. The third-order valence-corrected chi connectivity index (χ3v) is 8.27. The summed E-state index contributed by atoms with van der Waals surface area (Å²) in [5.41, 5.74) is 0. The molecule has 6 atom stereocenters. The van der Waals surface area contributed by atoms with Gasteiger partial charge in [-0.05, 0) is 55.8 Å². The zero-order valence-electron chi connectivity index (χ0n) is 10.9. The van der Waals surface area contributed by atoms with Crippen molar-refractivity contribution in [3.63, 3.8) is 0 Å². The van der Waals surface area contributed by atoms with Gasteiger partial charge in [-0.1, -0.05) is 32.1 Å². The lowest BCUT2D eigenvalue weighted by Gasteiger charge is -2.43. The van der Waals surface area contributed by atoms with Crippen molar-refractivity contribution < 1.29 is 0 Å². The number of hydrogen-bond acceptors (Lipinski definition) is 1. The van der Waals surface area contributed by atoms with E-state index in [4.69, 9.17) is 0 Å². The Hall–Kier alpha value is 0.350. The van der Waals surface area contributed by atoms with Gasteiger partial charge < -0.3 is 0 Å². The fraction of sp³-hybridized carbons (Fsp3) is 1.00. The van der Waals surface area contributed by atoms with E-state index in [1.165, 1.54) is 12.8 Å². The molecule has 1 saturated heterocycles. The highest BCUT2D eigenvalue weighted by molar-refractivity contribution is 8.00. The number of rotatable bonds is 0. The Bertz CT molecular complexity index is 287. The molecule has 17 heavy (non-hydrogen) atoms. The molecular formula is C16H26S. The van der Waals surface area contributed by atoms with E-state index in [1.54, 1.807) is 51.4 Å². The molecule has 0 N–H and O–H groups in total. The van der Waals surface area contributed by atoms with Crippen LogP contribution in [0.3, 0.4) is 0 Å². The van der Waals surface area contributed by atoms with Gasteiger partial charge in [-0.2, -0.15) is 11.8 Å². The van der Waals surface area contributed by atoms with Crippen molar-refractivity contribution in [3.8, 4) is 0 Å². The molecule has 0 bridgehead atoms. The van der Waals surface area contributed by atoms with Gasteiger partial charge in [0, 0.05) is 10.5 Å². The van der Waals surface area contributed by atoms with Gasteiger partial charge in [0.05, 0.1) is 0 Å². The molecule has 3 aliphatic carbocycles. The van der Waals surface area contributed by atoms with Crippen LogP contribution < -0.4 is 0 Å². The molecule has 0 amide bonds. The van der Waals surface area contributed by atoms with E-state index in [0.29, 0.717) is 0 Å². The first-order valence-electron chi connectivity index (χ1n) is 8.09. The van der Waals surface area contributed by atoms with Gasteiger partial charge in [0.15, 0.2) is 0 Å². The first kappa shape index (κ1) is 11.2. The second-order valence-corrected chi connectivity index (χ2v) is 8.46. The second-order valence-electron chi connectivity index (χ2n) is 7.04. The van der Waals surface area contributed by atoms with Crippen molar-refractivity contribution in [1.29, 1.82) is 0 Å². The molecule has 0 aromatic rings. The summed E-state index contributed by atoms with van der Waals surface area (Å²) < 4.78 is 0. The van der Waals surface area contributed by atoms with Gasteiger partial charge in [0.1, 0.15) is 0 Å². The van der Waals surface area contributed by atoms with E-state index in [-0.39, 0.29) is 0 Å². The van der Waals surface area contributed by atoms with E-state index in [9.17, 15) is 0 Å². The molecule has 3 saturated carbocycles. The summed E-state index contributed by atoms with van der Waals surface area (Å²) in [6.07, 6.45) is 15.6. The smallest absolute Gasteiger partial charge is 0.0112 e. The highest BCUT2D eigenvalue weighted by Gasteiger charge is 2.51. The van der Waals surface area contributed by atoms with Crippen LogP contribution in [0.5, 0.6) is 0 Å². The predicted octanol–water partition coefficient (Wildman–Crippen LogP) is 4.88. The van der Waals surface area contributed by atoms with Crippen LogP contribution in [-0.2, 0) is 0 Å². The Morgan fingerprint density at radius 1 is 0.588 bits per heavy atom. The molecule has 4 rings (SSSR count). The average molecular weight is 250 g/mol. The molecule has 1 aliphatic heterocycles. The molecule has 96 valence electrons. The molecule has 0 aromatic carbocycles. The summed E-state index contributed by atoms with van der Waals surface area (Å²) in [6, 6.07) is 0. The first-order valence-corrected chi connectivity index (χ1v) is 9.03. The summed E-state index contributed by atoms with van der Waals surface area (Å²) in [5, 5.41) is 2.18. The summed E-state index contributed by atoms with van der Waals surface area (Å²) in [7, 11) is 0. The quantitative estimate of drug-likeness (QED) is 0.590. The minimum absolute atomic E-state index is 1.08. The minimum Gasteiger partial charge on any atom is -0.154 e. The Kier molecular flexibility index (Phi) is 2.95. The van der Waals surface area contributed by atoms with Crippen molar-refractivity contribution in [3.05, 3.63) is 0 Å². The van der Waals surface area contributed by atoms with E-state index in [1.807, 2.05) is 0 Å². The maximum absolute atomic E-state index is 2.46. The third kappa shape index (κ3) is 1.79. The summed E-state index contributed by atoms with van der Waals surface area (Å²) in [4.78, 5) is 0. The topological polar surface area (TPSA) is 0 Å². The van der Waals surface area contributed by atoms with Crippen LogP contribution in [0.15, 0.2) is 0 Å². The lowest BCUT2D eigenvalue weighted by atomic mass is 9.63. The second kappa shape index (κ2) is 4.47. The Morgan fingerprint density at radius 2 is 1.35 bits per heavy atom. The van der Waals surface area contributed by atoms with Gasteiger partial charge in [-0.15, -0.1) is 0 Å². The lowest BCUT2D eigenvalue weighted by Crippen LogP contribution is -2.38. The van der Waals surface area contributed by atoms with E-state index < -0.39 is 0 Å². The summed E-state index contributed by atoms with van der Waals surface area (Å²) in [6.45, 7) is 0.